The number of aryl methyl sites for hydroxylation is 1. The van der Waals surface area contributed by atoms with Gasteiger partial charge < -0.3 is 5.32 Å². The zero-order valence-electron chi connectivity index (χ0n) is 13.2. The number of carbonyl (C=O) groups excluding carboxylic acids is 2. The summed E-state index contributed by atoms with van der Waals surface area (Å²) in [6.07, 6.45) is 2.99. The van der Waals surface area contributed by atoms with Gasteiger partial charge in [0.25, 0.3) is 5.91 Å². The molecule has 0 saturated heterocycles. The van der Waals surface area contributed by atoms with Crippen molar-refractivity contribution in [1.82, 2.24) is 9.97 Å². The Morgan fingerprint density at radius 1 is 1.24 bits per heavy atom. The monoisotopic (exact) mass is 349 g/mol. The molecule has 5 nitrogen and oxygen atoms in total. The zero-order chi connectivity index (χ0) is 17.6. The number of anilines is 1. The number of nitrogens with zero attached hydrogens (tertiary/aromatic N) is 2. The van der Waals surface area contributed by atoms with Crippen molar-refractivity contribution in [2.75, 3.05) is 5.32 Å². The van der Waals surface area contributed by atoms with E-state index in [1.807, 2.05) is 6.07 Å². The van der Waals surface area contributed by atoms with E-state index in [2.05, 4.69) is 15.3 Å². The normalized spacial score (nSPS) is 14.6. The number of hydrogen-bond acceptors (Lipinski definition) is 4. The van der Waals surface area contributed by atoms with Crippen LogP contribution in [0.15, 0.2) is 48.7 Å². The molecule has 0 atom stereocenters. The molecule has 0 saturated carbocycles. The number of hydrogen-bond donors (Lipinski definition) is 1. The van der Waals surface area contributed by atoms with Gasteiger partial charge in [0.05, 0.1) is 22.0 Å². The van der Waals surface area contributed by atoms with Crippen LogP contribution in [0.5, 0.6) is 0 Å². The lowest BCUT2D eigenvalue weighted by atomic mass is 10.0. The summed E-state index contributed by atoms with van der Waals surface area (Å²) < 4.78 is 0. The van der Waals surface area contributed by atoms with Gasteiger partial charge in [-0.05, 0) is 37.3 Å². The lowest BCUT2D eigenvalue weighted by Crippen LogP contribution is -2.07. The number of nitrogens with one attached hydrogen (secondary N) is 1. The van der Waals surface area contributed by atoms with Gasteiger partial charge in [-0.2, -0.15) is 0 Å². The molecule has 3 aromatic rings. The third-order valence-electron chi connectivity index (χ3n) is 4.11. The van der Waals surface area contributed by atoms with Crippen molar-refractivity contribution in [1.29, 1.82) is 0 Å². The quantitative estimate of drug-likeness (QED) is 0.564. The summed E-state index contributed by atoms with van der Waals surface area (Å²) >= 11 is 6.10. The average Bonchev–Trinajstić information content (AvgIpc) is 2.91. The van der Waals surface area contributed by atoms with Gasteiger partial charge in [0.2, 0.25) is 0 Å². The van der Waals surface area contributed by atoms with Crippen molar-refractivity contribution in [3.8, 4) is 0 Å². The molecule has 1 aliphatic rings. The van der Waals surface area contributed by atoms with Crippen LogP contribution >= 0.6 is 11.6 Å². The van der Waals surface area contributed by atoms with Gasteiger partial charge in [-0.3, -0.25) is 9.59 Å². The van der Waals surface area contributed by atoms with Crippen LogP contribution in [-0.2, 0) is 4.79 Å². The highest BCUT2D eigenvalue weighted by molar-refractivity contribution is 6.41. The fourth-order valence-corrected chi connectivity index (χ4v) is 3.10. The Morgan fingerprint density at radius 3 is 2.92 bits per heavy atom. The Morgan fingerprint density at radius 2 is 2.08 bits per heavy atom. The van der Waals surface area contributed by atoms with Crippen molar-refractivity contribution in [3.05, 3.63) is 70.5 Å². The lowest BCUT2D eigenvalue weighted by molar-refractivity contribution is -0.110. The predicted octanol–water partition coefficient (Wildman–Crippen LogP) is 3.81. The molecule has 6 heteroatoms. The molecule has 122 valence electrons. The van der Waals surface area contributed by atoms with Crippen molar-refractivity contribution in [2.24, 2.45) is 0 Å². The highest BCUT2D eigenvalue weighted by atomic mass is 35.5. The van der Waals surface area contributed by atoms with Crippen LogP contribution in [-0.4, -0.2) is 21.7 Å². The molecule has 1 aromatic carbocycles. The fraction of sp³-hybridized carbons (Fsp3) is 0.0526. The summed E-state index contributed by atoms with van der Waals surface area (Å²) in [4.78, 5) is 33.5. The number of rotatable bonds is 2. The summed E-state index contributed by atoms with van der Waals surface area (Å²) in [6.45, 7) is 1.75. The zero-order valence-corrected chi connectivity index (χ0v) is 14.0. The molecule has 25 heavy (non-hydrogen) atoms. The first-order valence-electron chi connectivity index (χ1n) is 7.63. The second-order valence-electron chi connectivity index (χ2n) is 5.71. The predicted molar refractivity (Wildman–Crippen MR) is 96.7 cm³/mol. The average molecular weight is 350 g/mol. The summed E-state index contributed by atoms with van der Waals surface area (Å²) in [5, 5.41) is 3.91. The molecule has 0 radical (unpaired) electrons. The minimum atomic E-state index is -0.343. The molecule has 2 aromatic heterocycles. The van der Waals surface area contributed by atoms with E-state index in [0.29, 0.717) is 38.8 Å². The molecule has 0 spiro atoms. The van der Waals surface area contributed by atoms with E-state index in [1.54, 1.807) is 43.5 Å². The number of ketones is 1. The van der Waals surface area contributed by atoms with Crippen LogP contribution in [0.1, 0.15) is 21.6 Å². The van der Waals surface area contributed by atoms with Gasteiger partial charge in [0.1, 0.15) is 0 Å². The van der Waals surface area contributed by atoms with E-state index < -0.39 is 0 Å². The molecule has 0 bridgehead atoms. The van der Waals surface area contributed by atoms with Crippen molar-refractivity contribution >= 4 is 45.6 Å². The molecule has 0 aliphatic carbocycles. The van der Waals surface area contributed by atoms with E-state index in [9.17, 15) is 9.59 Å². The maximum atomic E-state index is 12.8. The summed E-state index contributed by atoms with van der Waals surface area (Å²) in [7, 11) is 0. The highest BCUT2D eigenvalue weighted by Crippen LogP contribution is 2.37. The molecule has 3 heterocycles. The number of benzene rings is 1. The Labute approximate surface area is 148 Å². The molecule has 0 unspecified atom stereocenters. The number of halogens is 1. The Hall–Kier alpha value is -3.05. The Bertz CT molecular complexity index is 1090. The number of carbonyl (C=O) groups is 2. The van der Waals surface area contributed by atoms with Crippen molar-refractivity contribution in [3.63, 3.8) is 0 Å². The second kappa shape index (κ2) is 5.79. The van der Waals surface area contributed by atoms with Crippen LogP contribution in [0.2, 0.25) is 5.02 Å². The minimum absolute atomic E-state index is 0.284. The molecule has 1 amide bonds. The van der Waals surface area contributed by atoms with Crippen LogP contribution in [0.3, 0.4) is 0 Å². The number of amides is 1. The standard InChI is InChI=1S/C19H12ClN3O2/c1-10-13(8-11-4-3-7-21-18(11)22-10)16(24)9-14-12-5-2-6-15(20)17(12)23-19(14)25/h2-9H,1H3,(H,23,25)/b14-9+. The van der Waals surface area contributed by atoms with Gasteiger partial charge >= 0.3 is 0 Å². The van der Waals surface area contributed by atoms with Crippen LogP contribution in [0.4, 0.5) is 5.69 Å². The largest absolute Gasteiger partial charge is 0.320 e. The number of fused-ring (bicyclic) bond motifs is 2. The number of aromatic nitrogens is 2. The third-order valence-corrected chi connectivity index (χ3v) is 4.42. The Balaban J connectivity index is 1.81. The summed E-state index contributed by atoms with van der Waals surface area (Å²) in [5.74, 6) is -0.627. The van der Waals surface area contributed by atoms with E-state index in [1.165, 1.54) is 6.08 Å². The van der Waals surface area contributed by atoms with Gasteiger partial charge in [-0.15, -0.1) is 0 Å². The van der Waals surface area contributed by atoms with Gasteiger partial charge in [-0.25, -0.2) is 9.97 Å². The maximum absolute atomic E-state index is 12.8. The number of allylic oxidation sites excluding steroid dienone is 1. The first-order valence-corrected chi connectivity index (χ1v) is 8.01. The summed E-state index contributed by atoms with van der Waals surface area (Å²) in [5.41, 5.74) is 3.05. The van der Waals surface area contributed by atoms with Gasteiger partial charge in [-0.1, -0.05) is 23.7 Å². The van der Waals surface area contributed by atoms with Crippen molar-refractivity contribution in [2.45, 2.75) is 6.92 Å². The topological polar surface area (TPSA) is 72.0 Å². The van der Waals surface area contributed by atoms with Crippen molar-refractivity contribution < 1.29 is 9.59 Å². The second-order valence-corrected chi connectivity index (χ2v) is 6.12. The highest BCUT2D eigenvalue weighted by Gasteiger charge is 2.27. The molecule has 4 rings (SSSR count). The van der Waals surface area contributed by atoms with Crippen LogP contribution in [0, 0.1) is 6.92 Å². The van der Waals surface area contributed by atoms with E-state index in [4.69, 9.17) is 11.6 Å². The summed E-state index contributed by atoms with van der Waals surface area (Å²) in [6, 6.07) is 10.6. The van der Waals surface area contributed by atoms with E-state index in [-0.39, 0.29) is 11.7 Å². The van der Waals surface area contributed by atoms with E-state index in [0.717, 1.165) is 5.39 Å². The first-order chi connectivity index (χ1) is 12.0. The smallest absolute Gasteiger partial charge is 0.256 e. The third kappa shape index (κ3) is 2.58. The minimum Gasteiger partial charge on any atom is -0.320 e. The fourth-order valence-electron chi connectivity index (χ4n) is 2.87. The molecular weight excluding hydrogens is 338 g/mol. The van der Waals surface area contributed by atoms with Gasteiger partial charge in [0, 0.05) is 22.7 Å². The molecule has 0 fully saturated rings. The number of para-hydroxylation sites is 1. The van der Waals surface area contributed by atoms with E-state index >= 15 is 0 Å². The molecular formula is C19H12ClN3O2. The lowest BCUT2D eigenvalue weighted by Gasteiger charge is -2.04. The number of pyridine rings is 2. The maximum Gasteiger partial charge on any atom is 0.256 e. The van der Waals surface area contributed by atoms with Gasteiger partial charge in [0.15, 0.2) is 11.4 Å². The first kappa shape index (κ1) is 15.5. The van der Waals surface area contributed by atoms with Crippen LogP contribution < -0.4 is 5.32 Å². The molecule has 1 aliphatic heterocycles. The molecule has 1 N–H and O–H groups in total. The van der Waals surface area contributed by atoms with Crippen LogP contribution in [0.25, 0.3) is 16.6 Å². The Kier molecular flexibility index (Phi) is 3.58. The SMILES string of the molecule is Cc1nc2ncccc2cc1C(=O)/C=C1/C(=O)Nc2c(Cl)cccc21.